The summed E-state index contributed by atoms with van der Waals surface area (Å²) >= 11 is 0. The maximum Gasteiger partial charge on any atom is 0.275 e. The van der Waals surface area contributed by atoms with E-state index in [-0.39, 0.29) is 17.5 Å². The fourth-order valence-corrected chi connectivity index (χ4v) is 4.65. The fourth-order valence-electron chi connectivity index (χ4n) is 4.65. The molecule has 0 aliphatic heterocycles. The van der Waals surface area contributed by atoms with E-state index in [0.29, 0.717) is 28.6 Å². The highest BCUT2D eigenvalue weighted by molar-refractivity contribution is 6.05. The molecule has 150 valence electrons. The number of hydrogen-bond acceptors (Lipinski definition) is 3. The van der Waals surface area contributed by atoms with Crippen molar-refractivity contribution < 1.29 is 4.79 Å². The van der Waals surface area contributed by atoms with Crippen molar-refractivity contribution in [2.24, 2.45) is 5.92 Å². The molecule has 0 unspecified atom stereocenters. The number of benzene rings is 1. The molecule has 2 aromatic rings. The summed E-state index contributed by atoms with van der Waals surface area (Å²) in [6.07, 6.45) is 7.98. The summed E-state index contributed by atoms with van der Waals surface area (Å²) in [5.41, 5.74) is 0.317. The lowest BCUT2D eigenvalue weighted by molar-refractivity contribution is 0.0580. The average Bonchev–Trinajstić information content (AvgIpc) is 3.54. The van der Waals surface area contributed by atoms with Crippen LogP contribution in [0, 0.1) is 5.92 Å². The van der Waals surface area contributed by atoms with Crippen LogP contribution in [0.4, 0.5) is 0 Å². The second-order valence-electron chi connectivity index (χ2n) is 8.76. The molecule has 0 saturated heterocycles. The number of carbonyl (C=O) groups excluding carboxylic acids is 1. The first-order chi connectivity index (χ1) is 13.5. The van der Waals surface area contributed by atoms with Gasteiger partial charge in [0, 0.05) is 17.5 Å². The molecule has 0 spiro atoms. The molecule has 1 heterocycles. The SMILES string of the molecule is CCC1CCC(N(C(=O)c2nn(C(C)C)c(=O)c3ccccc23)C2CC2)CC1. The molecule has 1 aromatic carbocycles. The van der Waals surface area contributed by atoms with Gasteiger partial charge in [0.25, 0.3) is 11.5 Å². The number of aromatic nitrogens is 2. The smallest absolute Gasteiger partial charge is 0.275 e. The first-order valence-electron chi connectivity index (χ1n) is 10.9. The quantitative estimate of drug-likeness (QED) is 0.763. The standard InChI is InChI=1S/C23H31N3O2/c1-4-16-9-11-17(12-10-16)25(18-13-14-18)23(28)21-19-7-5-6-8-20(19)22(27)26(24-21)15(2)3/h5-8,15-18H,4,9-14H2,1-3H3. The van der Waals surface area contributed by atoms with Crippen LogP contribution in [0.3, 0.4) is 0 Å². The summed E-state index contributed by atoms with van der Waals surface area (Å²) in [7, 11) is 0. The monoisotopic (exact) mass is 381 g/mol. The average molecular weight is 382 g/mol. The minimum atomic E-state index is -0.122. The van der Waals surface area contributed by atoms with Gasteiger partial charge in [-0.2, -0.15) is 5.10 Å². The molecule has 1 aromatic heterocycles. The van der Waals surface area contributed by atoms with Gasteiger partial charge in [-0.05, 0) is 64.4 Å². The van der Waals surface area contributed by atoms with Crippen molar-refractivity contribution >= 4 is 16.7 Å². The van der Waals surface area contributed by atoms with E-state index in [9.17, 15) is 9.59 Å². The van der Waals surface area contributed by atoms with Gasteiger partial charge in [-0.3, -0.25) is 9.59 Å². The topological polar surface area (TPSA) is 55.2 Å². The van der Waals surface area contributed by atoms with Gasteiger partial charge in [-0.15, -0.1) is 0 Å². The van der Waals surface area contributed by atoms with Crippen molar-refractivity contribution in [1.82, 2.24) is 14.7 Å². The summed E-state index contributed by atoms with van der Waals surface area (Å²) in [4.78, 5) is 28.7. The zero-order valence-corrected chi connectivity index (χ0v) is 17.2. The summed E-state index contributed by atoms with van der Waals surface area (Å²) in [6, 6.07) is 7.97. The predicted octanol–water partition coefficient (Wildman–Crippen LogP) is 4.55. The van der Waals surface area contributed by atoms with Crippen LogP contribution in [0.1, 0.15) is 82.2 Å². The largest absolute Gasteiger partial charge is 0.331 e. The number of carbonyl (C=O) groups is 1. The van der Waals surface area contributed by atoms with E-state index in [1.54, 1.807) is 0 Å². The maximum atomic E-state index is 13.7. The molecule has 0 atom stereocenters. The Morgan fingerprint density at radius 1 is 1.07 bits per heavy atom. The molecule has 28 heavy (non-hydrogen) atoms. The number of rotatable bonds is 5. The molecule has 5 heteroatoms. The van der Waals surface area contributed by atoms with Crippen LogP contribution in [0.5, 0.6) is 0 Å². The van der Waals surface area contributed by atoms with Gasteiger partial charge in [0.05, 0.1) is 11.4 Å². The van der Waals surface area contributed by atoms with E-state index in [1.165, 1.54) is 23.9 Å². The molecule has 0 N–H and O–H groups in total. The Hall–Kier alpha value is -2.17. The van der Waals surface area contributed by atoms with Crippen LogP contribution in [0.25, 0.3) is 10.8 Å². The molecule has 0 radical (unpaired) electrons. The second kappa shape index (κ2) is 7.69. The third kappa shape index (κ3) is 3.47. The number of fused-ring (bicyclic) bond motifs is 1. The van der Waals surface area contributed by atoms with E-state index in [1.807, 2.05) is 38.1 Å². The Balaban J connectivity index is 1.74. The lowest BCUT2D eigenvalue weighted by Crippen LogP contribution is -2.45. The molecule has 2 fully saturated rings. The Labute approximate surface area is 166 Å². The van der Waals surface area contributed by atoms with Crippen molar-refractivity contribution in [3.8, 4) is 0 Å². The lowest BCUT2D eigenvalue weighted by Gasteiger charge is -2.37. The van der Waals surface area contributed by atoms with Gasteiger partial charge in [0.1, 0.15) is 0 Å². The van der Waals surface area contributed by atoms with Crippen molar-refractivity contribution in [3.63, 3.8) is 0 Å². The Morgan fingerprint density at radius 3 is 2.18 bits per heavy atom. The zero-order chi connectivity index (χ0) is 19.8. The molecule has 2 aliphatic carbocycles. The minimum absolute atomic E-state index is 0.00745. The molecular weight excluding hydrogens is 350 g/mol. The van der Waals surface area contributed by atoms with Crippen LogP contribution in [-0.4, -0.2) is 32.7 Å². The van der Waals surface area contributed by atoms with Crippen LogP contribution in [-0.2, 0) is 0 Å². The zero-order valence-electron chi connectivity index (χ0n) is 17.2. The second-order valence-corrected chi connectivity index (χ2v) is 8.76. The first kappa shape index (κ1) is 19.2. The number of hydrogen-bond donors (Lipinski definition) is 0. The van der Waals surface area contributed by atoms with Crippen LogP contribution < -0.4 is 5.56 Å². The van der Waals surface area contributed by atoms with Gasteiger partial charge in [-0.25, -0.2) is 4.68 Å². The predicted molar refractivity (Wildman–Crippen MR) is 112 cm³/mol. The molecule has 1 amide bonds. The highest BCUT2D eigenvalue weighted by Crippen LogP contribution is 2.37. The highest BCUT2D eigenvalue weighted by atomic mass is 16.2. The molecule has 2 aliphatic rings. The third-order valence-corrected chi connectivity index (χ3v) is 6.48. The number of nitrogens with zero attached hydrogens (tertiary/aromatic N) is 3. The van der Waals surface area contributed by atoms with Crippen molar-refractivity contribution in [2.75, 3.05) is 0 Å². The molecule has 4 rings (SSSR count). The molecular formula is C23H31N3O2. The van der Waals surface area contributed by atoms with Crippen molar-refractivity contribution in [1.29, 1.82) is 0 Å². The number of amides is 1. The van der Waals surface area contributed by atoms with Crippen molar-refractivity contribution in [3.05, 3.63) is 40.3 Å². The van der Waals surface area contributed by atoms with E-state index in [0.717, 1.165) is 31.6 Å². The molecule has 2 saturated carbocycles. The first-order valence-corrected chi connectivity index (χ1v) is 10.9. The van der Waals surface area contributed by atoms with E-state index >= 15 is 0 Å². The fraction of sp³-hybridized carbons (Fsp3) is 0.609. The van der Waals surface area contributed by atoms with Gasteiger partial charge < -0.3 is 4.90 Å². The van der Waals surface area contributed by atoms with E-state index in [2.05, 4.69) is 16.9 Å². The van der Waals surface area contributed by atoms with Crippen LogP contribution in [0.15, 0.2) is 29.1 Å². The third-order valence-electron chi connectivity index (χ3n) is 6.48. The van der Waals surface area contributed by atoms with Gasteiger partial charge in [0.2, 0.25) is 0 Å². The molecule has 0 bridgehead atoms. The maximum absolute atomic E-state index is 13.7. The lowest BCUT2D eigenvalue weighted by atomic mass is 9.83. The Bertz CT molecular complexity index is 921. The van der Waals surface area contributed by atoms with Crippen molar-refractivity contribution in [2.45, 2.75) is 83.8 Å². The normalized spacial score (nSPS) is 22.6. The summed E-state index contributed by atoms with van der Waals surface area (Å²) in [6.45, 7) is 6.13. The van der Waals surface area contributed by atoms with E-state index in [4.69, 9.17) is 0 Å². The Kier molecular flexibility index (Phi) is 5.26. The van der Waals surface area contributed by atoms with Gasteiger partial charge in [0.15, 0.2) is 5.69 Å². The van der Waals surface area contributed by atoms with Gasteiger partial charge in [-0.1, -0.05) is 31.5 Å². The van der Waals surface area contributed by atoms with E-state index < -0.39 is 0 Å². The Morgan fingerprint density at radius 2 is 1.64 bits per heavy atom. The van der Waals surface area contributed by atoms with Crippen LogP contribution >= 0.6 is 0 Å². The van der Waals surface area contributed by atoms with Crippen LogP contribution in [0.2, 0.25) is 0 Å². The minimum Gasteiger partial charge on any atom is -0.331 e. The summed E-state index contributed by atoms with van der Waals surface area (Å²) < 4.78 is 1.47. The summed E-state index contributed by atoms with van der Waals surface area (Å²) in [5, 5.41) is 5.84. The summed E-state index contributed by atoms with van der Waals surface area (Å²) in [5.74, 6) is 0.808. The highest BCUT2D eigenvalue weighted by Gasteiger charge is 2.40. The van der Waals surface area contributed by atoms with Gasteiger partial charge >= 0.3 is 0 Å². The molecule has 5 nitrogen and oxygen atoms in total.